The van der Waals surface area contributed by atoms with E-state index in [1.54, 1.807) is 24.1 Å². The van der Waals surface area contributed by atoms with E-state index < -0.39 is 5.54 Å². The summed E-state index contributed by atoms with van der Waals surface area (Å²) in [5.74, 6) is -0.534. The van der Waals surface area contributed by atoms with E-state index in [0.717, 1.165) is 18.4 Å². The smallest absolute Gasteiger partial charge is 0.325 e. The van der Waals surface area contributed by atoms with Gasteiger partial charge in [-0.05, 0) is 43.9 Å². The van der Waals surface area contributed by atoms with Crippen LogP contribution < -0.4 is 5.32 Å². The Morgan fingerprint density at radius 2 is 1.89 bits per heavy atom. The first kappa shape index (κ1) is 19.3. The average Bonchev–Trinajstić information content (AvgIpc) is 3.21. The largest absolute Gasteiger partial charge is 0.339 e. The van der Waals surface area contributed by atoms with Crippen molar-refractivity contribution in [3.05, 3.63) is 35.6 Å². The Bertz CT molecular complexity index is 728. The lowest BCUT2D eigenvalue weighted by Gasteiger charge is -2.26. The van der Waals surface area contributed by atoms with E-state index in [4.69, 9.17) is 0 Å². The van der Waals surface area contributed by atoms with Crippen LogP contribution in [-0.2, 0) is 9.59 Å². The number of carbonyl (C=O) groups is 3. The highest BCUT2D eigenvalue weighted by Crippen LogP contribution is 2.35. The second kappa shape index (κ2) is 7.66. The van der Waals surface area contributed by atoms with E-state index in [9.17, 15) is 18.8 Å². The van der Waals surface area contributed by atoms with Crippen molar-refractivity contribution in [2.45, 2.75) is 57.0 Å². The van der Waals surface area contributed by atoms with Crippen LogP contribution in [0.25, 0.3) is 0 Å². The first-order chi connectivity index (χ1) is 12.8. The minimum Gasteiger partial charge on any atom is -0.339 e. The second-order valence-corrected chi connectivity index (χ2v) is 7.51. The summed E-state index contributed by atoms with van der Waals surface area (Å²) in [6.45, 7) is 2.13. The molecule has 0 aromatic heterocycles. The van der Waals surface area contributed by atoms with E-state index in [1.165, 1.54) is 17.0 Å². The van der Waals surface area contributed by atoms with Crippen LogP contribution >= 0.6 is 0 Å². The molecule has 27 heavy (non-hydrogen) atoms. The molecule has 1 heterocycles. The van der Waals surface area contributed by atoms with Crippen LogP contribution in [0.4, 0.5) is 9.18 Å². The molecule has 1 aliphatic carbocycles. The molecule has 1 aliphatic heterocycles. The maximum absolute atomic E-state index is 13.1. The Balaban J connectivity index is 1.51. The fourth-order valence-corrected chi connectivity index (χ4v) is 3.94. The third kappa shape index (κ3) is 3.82. The summed E-state index contributed by atoms with van der Waals surface area (Å²) in [4.78, 5) is 40.1. The number of halogens is 1. The average molecular weight is 375 g/mol. The minimum absolute atomic E-state index is 0.0746. The molecular weight excluding hydrogens is 349 g/mol. The van der Waals surface area contributed by atoms with Gasteiger partial charge in [-0.1, -0.05) is 25.0 Å². The van der Waals surface area contributed by atoms with Crippen LogP contribution in [0.1, 0.15) is 57.1 Å². The van der Waals surface area contributed by atoms with Gasteiger partial charge in [-0.2, -0.15) is 0 Å². The Morgan fingerprint density at radius 3 is 2.52 bits per heavy atom. The Kier molecular flexibility index (Phi) is 5.48. The first-order valence-electron chi connectivity index (χ1n) is 9.49. The van der Waals surface area contributed by atoms with Crippen LogP contribution in [0.3, 0.4) is 0 Å². The van der Waals surface area contributed by atoms with Crippen molar-refractivity contribution in [2.24, 2.45) is 0 Å². The number of urea groups is 1. The van der Waals surface area contributed by atoms with Gasteiger partial charge in [0.25, 0.3) is 5.91 Å². The van der Waals surface area contributed by atoms with E-state index in [-0.39, 0.29) is 42.7 Å². The van der Waals surface area contributed by atoms with Crippen molar-refractivity contribution in [3.8, 4) is 0 Å². The highest BCUT2D eigenvalue weighted by Gasteiger charge is 2.52. The number of nitrogens with zero attached hydrogens (tertiary/aromatic N) is 2. The molecule has 2 fully saturated rings. The highest BCUT2D eigenvalue weighted by molar-refractivity contribution is 6.07. The van der Waals surface area contributed by atoms with Crippen LogP contribution in [0.5, 0.6) is 0 Å². The summed E-state index contributed by atoms with van der Waals surface area (Å²) in [6.07, 6.45) is 3.96. The molecule has 1 aromatic rings. The molecule has 1 saturated heterocycles. The van der Waals surface area contributed by atoms with Gasteiger partial charge in [0.05, 0.1) is 6.04 Å². The SMILES string of the molecule is C[C@@H](c1ccc(F)cc1)N(C)C(=O)CCCN1C(=O)NC2(CCCC2)C1=O. The molecule has 7 heteroatoms. The Hall–Kier alpha value is -2.44. The van der Waals surface area contributed by atoms with Gasteiger partial charge in [-0.15, -0.1) is 0 Å². The van der Waals surface area contributed by atoms with Crippen molar-refractivity contribution < 1.29 is 18.8 Å². The molecule has 0 bridgehead atoms. The van der Waals surface area contributed by atoms with Gasteiger partial charge < -0.3 is 10.2 Å². The van der Waals surface area contributed by atoms with Crippen molar-refractivity contribution in [2.75, 3.05) is 13.6 Å². The maximum atomic E-state index is 13.1. The summed E-state index contributed by atoms with van der Waals surface area (Å²) < 4.78 is 13.1. The summed E-state index contributed by atoms with van der Waals surface area (Å²) in [5, 5.41) is 2.85. The summed E-state index contributed by atoms with van der Waals surface area (Å²) >= 11 is 0. The van der Waals surface area contributed by atoms with Gasteiger partial charge in [-0.3, -0.25) is 14.5 Å². The van der Waals surface area contributed by atoms with Crippen molar-refractivity contribution >= 4 is 17.8 Å². The zero-order valence-electron chi connectivity index (χ0n) is 15.8. The lowest BCUT2D eigenvalue weighted by atomic mass is 9.98. The summed E-state index contributed by atoms with van der Waals surface area (Å²) in [7, 11) is 1.71. The first-order valence-corrected chi connectivity index (χ1v) is 9.49. The van der Waals surface area contributed by atoms with E-state index in [1.807, 2.05) is 6.92 Å². The van der Waals surface area contributed by atoms with Crippen LogP contribution in [0.2, 0.25) is 0 Å². The third-order valence-corrected chi connectivity index (χ3v) is 5.80. The number of benzene rings is 1. The van der Waals surface area contributed by atoms with E-state index in [2.05, 4.69) is 5.32 Å². The number of nitrogens with one attached hydrogen (secondary N) is 1. The van der Waals surface area contributed by atoms with E-state index >= 15 is 0 Å². The van der Waals surface area contributed by atoms with Gasteiger partial charge in [-0.25, -0.2) is 9.18 Å². The Labute approximate surface area is 158 Å². The number of rotatable bonds is 6. The Morgan fingerprint density at radius 1 is 1.26 bits per heavy atom. The maximum Gasteiger partial charge on any atom is 0.325 e. The molecule has 2 aliphatic rings. The molecule has 146 valence electrons. The second-order valence-electron chi connectivity index (χ2n) is 7.51. The van der Waals surface area contributed by atoms with Crippen LogP contribution in [0.15, 0.2) is 24.3 Å². The standard InChI is InChI=1S/C20H26FN3O3/c1-14(15-7-9-16(21)10-8-15)23(2)17(25)6-5-13-24-18(26)20(22-19(24)27)11-3-4-12-20/h7-10,14H,3-6,11-13H2,1-2H3,(H,22,27)/t14-/m0/s1. The predicted octanol–water partition coefficient (Wildman–Crippen LogP) is 2.99. The molecule has 4 amide bonds. The lowest BCUT2D eigenvalue weighted by molar-refractivity contribution is -0.133. The normalized spacial score (nSPS) is 19.4. The molecule has 0 radical (unpaired) electrons. The lowest BCUT2D eigenvalue weighted by Crippen LogP contribution is -2.44. The van der Waals surface area contributed by atoms with Gasteiger partial charge in [0, 0.05) is 20.0 Å². The molecule has 0 unspecified atom stereocenters. The summed E-state index contributed by atoms with van der Waals surface area (Å²) in [6, 6.07) is 5.55. The number of carbonyl (C=O) groups excluding carboxylic acids is 3. The quantitative estimate of drug-likeness (QED) is 0.777. The van der Waals surface area contributed by atoms with Gasteiger partial charge in [0.2, 0.25) is 5.91 Å². The summed E-state index contributed by atoms with van der Waals surface area (Å²) in [5.41, 5.74) is 0.152. The fraction of sp³-hybridized carbons (Fsp3) is 0.550. The van der Waals surface area contributed by atoms with Crippen LogP contribution in [0, 0.1) is 5.82 Å². The number of amides is 4. The molecule has 3 rings (SSSR count). The molecule has 1 N–H and O–H groups in total. The number of hydrogen-bond donors (Lipinski definition) is 1. The fourth-order valence-electron chi connectivity index (χ4n) is 3.94. The van der Waals surface area contributed by atoms with Gasteiger partial charge in [0.1, 0.15) is 11.4 Å². The highest BCUT2D eigenvalue weighted by atomic mass is 19.1. The topological polar surface area (TPSA) is 69.7 Å². The molecule has 1 saturated carbocycles. The van der Waals surface area contributed by atoms with Crippen LogP contribution in [-0.4, -0.2) is 46.8 Å². The molecule has 1 spiro atoms. The van der Waals surface area contributed by atoms with Crippen molar-refractivity contribution in [1.29, 1.82) is 0 Å². The minimum atomic E-state index is -0.699. The van der Waals surface area contributed by atoms with Gasteiger partial charge in [0.15, 0.2) is 0 Å². The zero-order chi connectivity index (χ0) is 19.6. The monoisotopic (exact) mass is 375 g/mol. The van der Waals surface area contributed by atoms with Crippen molar-refractivity contribution in [1.82, 2.24) is 15.1 Å². The molecule has 1 atom stereocenters. The molecule has 6 nitrogen and oxygen atoms in total. The van der Waals surface area contributed by atoms with E-state index in [0.29, 0.717) is 19.3 Å². The number of hydrogen-bond acceptors (Lipinski definition) is 3. The molecule has 1 aromatic carbocycles. The predicted molar refractivity (Wildman–Crippen MR) is 98.3 cm³/mol. The zero-order valence-corrected chi connectivity index (χ0v) is 15.8. The molecular formula is C20H26FN3O3. The van der Waals surface area contributed by atoms with Crippen molar-refractivity contribution in [3.63, 3.8) is 0 Å². The third-order valence-electron chi connectivity index (χ3n) is 5.80. The number of imide groups is 1. The van der Waals surface area contributed by atoms with Gasteiger partial charge >= 0.3 is 6.03 Å².